The first-order valence-corrected chi connectivity index (χ1v) is 6.87. The van der Waals surface area contributed by atoms with Gasteiger partial charge in [0.2, 0.25) is 5.88 Å². The van der Waals surface area contributed by atoms with Crippen LogP contribution in [0.5, 0.6) is 5.88 Å². The highest BCUT2D eigenvalue weighted by atomic mass is 16.5. The van der Waals surface area contributed by atoms with Crippen molar-refractivity contribution in [1.82, 2.24) is 10.3 Å². The lowest BCUT2D eigenvalue weighted by Crippen LogP contribution is -2.18. The first-order valence-electron chi connectivity index (χ1n) is 6.87. The van der Waals surface area contributed by atoms with Gasteiger partial charge < -0.3 is 15.8 Å². The van der Waals surface area contributed by atoms with Crippen LogP contribution in [0.3, 0.4) is 0 Å². The number of anilines is 1. The van der Waals surface area contributed by atoms with Crippen molar-refractivity contribution in [2.45, 2.75) is 25.4 Å². The van der Waals surface area contributed by atoms with Gasteiger partial charge in [-0.05, 0) is 47.7 Å². The van der Waals surface area contributed by atoms with E-state index in [9.17, 15) is 0 Å². The average Bonchev–Trinajstić information content (AvgIpc) is 2.87. The monoisotopic (exact) mass is 269 g/mol. The van der Waals surface area contributed by atoms with Crippen molar-refractivity contribution >= 4 is 5.69 Å². The zero-order valence-corrected chi connectivity index (χ0v) is 11.6. The minimum atomic E-state index is 0.407. The molecule has 0 radical (unpaired) electrons. The number of benzene rings is 1. The van der Waals surface area contributed by atoms with Gasteiger partial charge >= 0.3 is 0 Å². The van der Waals surface area contributed by atoms with E-state index in [4.69, 9.17) is 10.5 Å². The number of fused-ring (bicyclic) bond motifs is 1. The highest BCUT2D eigenvalue weighted by Crippen LogP contribution is 2.32. The van der Waals surface area contributed by atoms with Crippen molar-refractivity contribution in [2.24, 2.45) is 0 Å². The number of ether oxygens (including phenoxy) is 1. The Bertz CT molecular complexity index is 612. The molecule has 0 saturated carbocycles. The maximum Gasteiger partial charge on any atom is 0.213 e. The van der Waals surface area contributed by atoms with E-state index in [0.29, 0.717) is 11.9 Å². The number of nitrogens with zero attached hydrogens (tertiary/aromatic N) is 1. The first kappa shape index (κ1) is 12.9. The lowest BCUT2D eigenvalue weighted by molar-refractivity contribution is 0.396. The number of pyridine rings is 1. The third-order valence-corrected chi connectivity index (χ3v) is 3.81. The van der Waals surface area contributed by atoms with Crippen molar-refractivity contribution < 1.29 is 4.74 Å². The second kappa shape index (κ2) is 5.51. The summed E-state index contributed by atoms with van der Waals surface area (Å²) >= 11 is 0. The molecule has 0 saturated heterocycles. The third-order valence-electron chi connectivity index (χ3n) is 3.81. The Balaban J connectivity index is 1.68. The standard InChI is InChI=1S/C16H19N3O/c1-20-16-8-11(6-7-18-16)10-19-15-5-2-12-9-13(17)3-4-14(12)15/h3-4,6-9,15,19H,2,5,10,17H2,1H3. The van der Waals surface area contributed by atoms with Crippen LogP contribution in [0, 0.1) is 0 Å². The van der Waals surface area contributed by atoms with Crippen LogP contribution in [0.25, 0.3) is 0 Å². The summed E-state index contributed by atoms with van der Waals surface area (Å²) in [4.78, 5) is 4.12. The maximum atomic E-state index is 5.83. The summed E-state index contributed by atoms with van der Waals surface area (Å²) in [5.41, 5.74) is 10.6. The molecule has 104 valence electrons. The van der Waals surface area contributed by atoms with Gasteiger partial charge in [0, 0.05) is 30.5 Å². The molecule has 0 spiro atoms. The van der Waals surface area contributed by atoms with Gasteiger partial charge in [-0.2, -0.15) is 0 Å². The van der Waals surface area contributed by atoms with Crippen molar-refractivity contribution in [2.75, 3.05) is 12.8 Å². The van der Waals surface area contributed by atoms with Crippen LogP contribution in [0.1, 0.15) is 29.2 Å². The minimum Gasteiger partial charge on any atom is -0.481 e. The van der Waals surface area contributed by atoms with Crippen molar-refractivity contribution in [1.29, 1.82) is 0 Å². The number of nitrogens with one attached hydrogen (secondary N) is 1. The zero-order valence-electron chi connectivity index (χ0n) is 11.6. The van der Waals surface area contributed by atoms with Gasteiger partial charge in [0.15, 0.2) is 0 Å². The molecule has 4 nitrogen and oxygen atoms in total. The molecule has 2 aromatic rings. The van der Waals surface area contributed by atoms with Crippen LogP contribution in [0.15, 0.2) is 36.5 Å². The summed E-state index contributed by atoms with van der Waals surface area (Å²) in [5.74, 6) is 0.656. The van der Waals surface area contributed by atoms with E-state index < -0.39 is 0 Å². The fourth-order valence-corrected chi connectivity index (χ4v) is 2.76. The van der Waals surface area contributed by atoms with Gasteiger partial charge in [-0.1, -0.05) is 6.07 Å². The fraction of sp³-hybridized carbons (Fsp3) is 0.312. The SMILES string of the molecule is COc1cc(CNC2CCc3cc(N)ccc32)ccn1. The molecule has 1 aromatic heterocycles. The first-order chi connectivity index (χ1) is 9.76. The highest BCUT2D eigenvalue weighted by Gasteiger charge is 2.21. The lowest BCUT2D eigenvalue weighted by atomic mass is 10.1. The topological polar surface area (TPSA) is 60.2 Å². The van der Waals surface area contributed by atoms with E-state index in [1.54, 1.807) is 13.3 Å². The zero-order chi connectivity index (χ0) is 13.9. The summed E-state index contributed by atoms with van der Waals surface area (Å²) < 4.78 is 5.14. The molecular weight excluding hydrogens is 250 g/mol. The molecule has 1 unspecified atom stereocenters. The van der Waals surface area contributed by atoms with Crippen LogP contribution < -0.4 is 15.8 Å². The Labute approximate surface area is 119 Å². The van der Waals surface area contributed by atoms with Crippen LogP contribution in [0.4, 0.5) is 5.69 Å². The summed E-state index contributed by atoms with van der Waals surface area (Å²) in [5, 5.41) is 3.60. The number of nitrogen functional groups attached to an aromatic ring is 1. The number of nitrogens with two attached hydrogens (primary N) is 1. The lowest BCUT2D eigenvalue weighted by Gasteiger charge is -2.14. The molecule has 0 bridgehead atoms. The quantitative estimate of drug-likeness (QED) is 0.837. The van der Waals surface area contributed by atoms with E-state index in [2.05, 4.69) is 22.4 Å². The third kappa shape index (κ3) is 2.60. The molecule has 0 fully saturated rings. The second-order valence-electron chi connectivity index (χ2n) is 5.14. The van der Waals surface area contributed by atoms with E-state index >= 15 is 0 Å². The number of rotatable bonds is 4. The van der Waals surface area contributed by atoms with Crippen LogP contribution in [-0.2, 0) is 13.0 Å². The molecule has 1 aromatic carbocycles. The predicted molar refractivity (Wildman–Crippen MR) is 79.5 cm³/mol. The molecule has 0 aliphatic heterocycles. The normalized spacial score (nSPS) is 16.9. The summed E-state index contributed by atoms with van der Waals surface area (Å²) in [6.07, 6.45) is 4.00. The Hall–Kier alpha value is -2.07. The number of methoxy groups -OCH3 is 1. The molecule has 0 amide bonds. The van der Waals surface area contributed by atoms with E-state index in [1.165, 1.54) is 16.7 Å². The summed E-state index contributed by atoms with van der Waals surface area (Å²) in [7, 11) is 1.64. The van der Waals surface area contributed by atoms with Gasteiger partial charge in [0.1, 0.15) is 0 Å². The molecular formula is C16H19N3O. The molecule has 1 atom stereocenters. The molecule has 1 heterocycles. The molecule has 3 rings (SSSR count). The van der Waals surface area contributed by atoms with Crippen LogP contribution in [0.2, 0.25) is 0 Å². The van der Waals surface area contributed by atoms with Gasteiger partial charge in [-0.15, -0.1) is 0 Å². The molecule has 1 aliphatic rings. The molecule has 4 heteroatoms. The van der Waals surface area contributed by atoms with Crippen LogP contribution in [-0.4, -0.2) is 12.1 Å². The fourth-order valence-electron chi connectivity index (χ4n) is 2.76. The highest BCUT2D eigenvalue weighted by molar-refractivity contribution is 5.47. The second-order valence-corrected chi connectivity index (χ2v) is 5.14. The number of hydrogen-bond acceptors (Lipinski definition) is 4. The molecule has 20 heavy (non-hydrogen) atoms. The Morgan fingerprint density at radius 3 is 3.10 bits per heavy atom. The maximum absolute atomic E-state index is 5.83. The van der Waals surface area contributed by atoms with Gasteiger partial charge in [0.25, 0.3) is 0 Å². The van der Waals surface area contributed by atoms with Crippen molar-refractivity contribution in [3.8, 4) is 5.88 Å². The summed E-state index contributed by atoms with van der Waals surface area (Å²) in [6.45, 7) is 0.813. The van der Waals surface area contributed by atoms with E-state index in [-0.39, 0.29) is 0 Å². The Morgan fingerprint density at radius 2 is 2.25 bits per heavy atom. The van der Waals surface area contributed by atoms with E-state index in [0.717, 1.165) is 25.1 Å². The number of hydrogen-bond donors (Lipinski definition) is 2. The average molecular weight is 269 g/mol. The van der Waals surface area contributed by atoms with Gasteiger partial charge in [-0.3, -0.25) is 0 Å². The number of aromatic nitrogens is 1. The van der Waals surface area contributed by atoms with Crippen LogP contribution >= 0.6 is 0 Å². The smallest absolute Gasteiger partial charge is 0.213 e. The Kier molecular flexibility index (Phi) is 3.56. The van der Waals surface area contributed by atoms with Crippen molar-refractivity contribution in [3.05, 3.63) is 53.2 Å². The Morgan fingerprint density at radius 1 is 1.35 bits per heavy atom. The molecule has 1 aliphatic carbocycles. The minimum absolute atomic E-state index is 0.407. The van der Waals surface area contributed by atoms with Crippen molar-refractivity contribution in [3.63, 3.8) is 0 Å². The predicted octanol–water partition coefficient (Wildman–Crippen LogP) is 2.45. The largest absolute Gasteiger partial charge is 0.481 e. The number of aryl methyl sites for hydroxylation is 1. The van der Waals surface area contributed by atoms with Gasteiger partial charge in [-0.25, -0.2) is 4.98 Å². The molecule has 3 N–H and O–H groups in total. The van der Waals surface area contributed by atoms with Gasteiger partial charge in [0.05, 0.1) is 7.11 Å². The summed E-state index contributed by atoms with van der Waals surface area (Å²) in [6, 6.07) is 10.6. The van der Waals surface area contributed by atoms with E-state index in [1.807, 2.05) is 18.2 Å².